The molecular weight excluding hydrogens is 244 g/mol. The molecule has 1 aromatic carbocycles. The smallest absolute Gasteiger partial charge is 0.295 e. The van der Waals surface area contributed by atoms with E-state index in [1.807, 2.05) is 0 Å². The predicted octanol–water partition coefficient (Wildman–Crippen LogP) is 0.700. The molecule has 0 aromatic heterocycles. The first-order valence-electron chi connectivity index (χ1n) is 6.41. The first-order valence-corrected chi connectivity index (χ1v) is 6.41. The van der Waals surface area contributed by atoms with Crippen LogP contribution < -0.4 is 10.1 Å². The van der Waals surface area contributed by atoms with Gasteiger partial charge in [-0.25, -0.2) is 0 Å². The lowest BCUT2D eigenvalue weighted by Crippen LogP contribution is -2.38. The second-order valence-electron chi connectivity index (χ2n) is 4.46. The summed E-state index contributed by atoms with van der Waals surface area (Å²) >= 11 is 0. The standard InChI is InChI=1S/C14H18N2O3/c1-19-12-5-2-4-11(10-12)13(17)14(18)16-8-3-6-15-7-9-16/h2,4-5,10,15H,3,6-9H2,1H3. The first kappa shape index (κ1) is 13.5. The van der Waals surface area contributed by atoms with Gasteiger partial charge in [-0.3, -0.25) is 9.59 Å². The molecule has 1 aromatic rings. The van der Waals surface area contributed by atoms with Crippen LogP contribution in [0.4, 0.5) is 0 Å². The molecule has 5 nitrogen and oxygen atoms in total. The molecule has 0 saturated carbocycles. The van der Waals surface area contributed by atoms with Crippen LogP contribution in [0.1, 0.15) is 16.8 Å². The molecule has 1 aliphatic heterocycles. The Hall–Kier alpha value is -1.88. The zero-order chi connectivity index (χ0) is 13.7. The Morgan fingerprint density at radius 1 is 1.26 bits per heavy atom. The number of hydrogen-bond donors (Lipinski definition) is 1. The van der Waals surface area contributed by atoms with Crippen molar-refractivity contribution in [3.63, 3.8) is 0 Å². The number of hydrogen-bond acceptors (Lipinski definition) is 4. The summed E-state index contributed by atoms with van der Waals surface area (Å²) in [6.07, 6.45) is 0.872. The predicted molar refractivity (Wildman–Crippen MR) is 71.4 cm³/mol. The molecule has 0 radical (unpaired) electrons. The summed E-state index contributed by atoms with van der Waals surface area (Å²) in [6, 6.07) is 6.69. The molecule has 2 rings (SSSR count). The Kier molecular flexibility index (Phi) is 4.52. The zero-order valence-corrected chi connectivity index (χ0v) is 11.0. The van der Waals surface area contributed by atoms with Gasteiger partial charge in [0.05, 0.1) is 7.11 Å². The average molecular weight is 262 g/mol. The van der Waals surface area contributed by atoms with Crippen molar-refractivity contribution in [2.24, 2.45) is 0 Å². The number of carbonyl (C=O) groups excluding carboxylic acids is 2. The van der Waals surface area contributed by atoms with Crippen LogP contribution in [0.2, 0.25) is 0 Å². The maximum Gasteiger partial charge on any atom is 0.295 e. The van der Waals surface area contributed by atoms with Gasteiger partial charge >= 0.3 is 0 Å². The minimum Gasteiger partial charge on any atom is -0.497 e. The molecule has 5 heteroatoms. The average Bonchev–Trinajstić information content (AvgIpc) is 2.75. The number of Topliss-reactive ketones (excluding diaryl/α,β-unsaturated/α-hetero) is 1. The van der Waals surface area contributed by atoms with E-state index in [4.69, 9.17) is 4.74 Å². The summed E-state index contributed by atoms with van der Waals surface area (Å²) in [5, 5.41) is 3.20. The van der Waals surface area contributed by atoms with E-state index in [0.717, 1.165) is 19.5 Å². The second-order valence-corrected chi connectivity index (χ2v) is 4.46. The molecule has 1 saturated heterocycles. The van der Waals surface area contributed by atoms with Crippen LogP contribution in [0.3, 0.4) is 0 Å². The number of ether oxygens (including phenoxy) is 1. The molecule has 102 valence electrons. The van der Waals surface area contributed by atoms with E-state index in [0.29, 0.717) is 24.4 Å². The topological polar surface area (TPSA) is 58.6 Å². The van der Waals surface area contributed by atoms with Gasteiger partial charge in [0.25, 0.3) is 11.7 Å². The molecule has 0 atom stereocenters. The molecule has 1 fully saturated rings. The molecule has 1 N–H and O–H groups in total. The summed E-state index contributed by atoms with van der Waals surface area (Å²) < 4.78 is 5.06. The molecular formula is C14H18N2O3. The fraction of sp³-hybridized carbons (Fsp3) is 0.429. The van der Waals surface area contributed by atoms with Crippen LogP contribution in [0.25, 0.3) is 0 Å². The van der Waals surface area contributed by atoms with E-state index >= 15 is 0 Å². The quantitative estimate of drug-likeness (QED) is 0.643. The monoisotopic (exact) mass is 262 g/mol. The number of nitrogens with one attached hydrogen (secondary N) is 1. The minimum absolute atomic E-state index is 0.376. The van der Waals surface area contributed by atoms with Gasteiger partial charge in [0, 0.05) is 25.2 Å². The van der Waals surface area contributed by atoms with Gasteiger partial charge in [-0.1, -0.05) is 12.1 Å². The Morgan fingerprint density at radius 3 is 2.89 bits per heavy atom. The third kappa shape index (κ3) is 3.32. The summed E-state index contributed by atoms with van der Waals surface area (Å²) in [5.74, 6) is -0.325. The number of amides is 1. The summed E-state index contributed by atoms with van der Waals surface area (Å²) in [7, 11) is 1.53. The minimum atomic E-state index is -0.471. The third-order valence-electron chi connectivity index (χ3n) is 3.15. The number of ketones is 1. The van der Waals surface area contributed by atoms with Gasteiger partial charge < -0.3 is 15.0 Å². The maximum atomic E-state index is 12.2. The summed E-state index contributed by atoms with van der Waals surface area (Å²) in [5.41, 5.74) is 0.376. The van der Waals surface area contributed by atoms with Gasteiger partial charge in [-0.15, -0.1) is 0 Å². The Balaban J connectivity index is 2.11. The van der Waals surface area contributed by atoms with Gasteiger partial charge in [-0.2, -0.15) is 0 Å². The number of methoxy groups -OCH3 is 1. The SMILES string of the molecule is COc1cccc(C(=O)C(=O)N2CCCNCC2)c1. The van der Waals surface area contributed by atoms with Crippen molar-refractivity contribution in [2.75, 3.05) is 33.3 Å². The van der Waals surface area contributed by atoms with E-state index < -0.39 is 11.7 Å². The highest BCUT2D eigenvalue weighted by Crippen LogP contribution is 2.14. The van der Waals surface area contributed by atoms with E-state index in [1.54, 1.807) is 29.2 Å². The second kappa shape index (κ2) is 6.33. The van der Waals surface area contributed by atoms with Crippen LogP contribution >= 0.6 is 0 Å². The molecule has 0 spiro atoms. The van der Waals surface area contributed by atoms with E-state index in [-0.39, 0.29) is 0 Å². The van der Waals surface area contributed by atoms with Gasteiger partial charge in [0.15, 0.2) is 0 Å². The lowest BCUT2D eigenvalue weighted by atomic mass is 10.1. The van der Waals surface area contributed by atoms with Crippen LogP contribution in [0.15, 0.2) is 24.3 Å². The van der Waals surface area contributed by atoms with Crippen LogP contribution in [0, 0.1) is 0 Å². The van der Waals surface area contributed by atoms with E-state index in [2.05, 4.69) is 5.32 Å². The van der Waals surface area contributed by atoms with Crippen molar-refractivity contribution >= 4 is 11.7 Å². The molecule has 1 heterocycles. The Bertz CT molecular complexity index is 466. The lowest BCUT2D eigenvalue weighted by molar-refractivity contribution is -0.126. The van der Waals surface area contributed by atoms with Gasteiger partial charge in [-0.05, 0) is 25.1 Å². The van der Waals surface area contributed by atoms with Gasteiger partial charge in [0.2, 0.25) is 0 Å². The van der Waals surface area contributed by atoms with Crippen LogP contribution in [0.5, 0.6) is 5.75 Å². The van der Waals surface area contributed by atoms with Crippen molar-refractivity contribution in [3.8, 4) is 5.75 Å². The number of carbonyl (C=O) groups is 2. The fourth-order valence-electron chi connectivity index (χ4n) is 2.08. The Labute approximate surface area is 112 Å². The molecule has 0 bridgehead atoms. The molecule has 0 unspecified atom stereocenters. The normalized spacial score (nSPS) is 15.7. The zero-order valence-electron chi connectivity index (χ0n) is 11.0. The van der Waals surface area contributed by atoms with Crippen LogP contribution in [-0.2, 0) is 4.79 Å². The van der Waals surface area contributed by atoms with Crippen molar-refractivity contribution in [1.29, 1.82) is 0 Å². The van der Waals surface area contributed by atoms with Crippen molar-refractivity contribution in [3.05, 3.63) is 29.8 Å². The van der Waals surface area contributed by atoms with Crippen molar-refractivity contribution in [2.45, 2.75) is 6.42 Å². The summed E-state index contributed by atoms with van der Waals surface area (Å²) in [4.78, 5) is 25.9. The van der Waals surface area contributed by atoms with E-state index in [1.165, 1.54) is 7.11 Å². The number of nitrogens with zero attached hydrogens (tertiary/aromatic N) is 1. The maximum absolute atomic E-state index is 12.2. The fourth-order valence-corrected chi connectivity index (χ4v) is 2.08. The van der Waals surface area contributed by atoms with E-state index in [9.17, 15) is 9.59 Å². The van der Waals surface area contributed by atoms with Crippen LogP contribution in [-0.4, -0.2) is 49.9 Å². The van der Waals surface area contributed by atoms with Gasteiger partial charge in [0.1, 0.15) is 5.75 Å². The highest BCUT2D eigenvalue weighted by Gasteiger charge is 2.23. The molecule has 1 amide bonds. The third-order valence-corrected chi connectivity index (χ3v) is 3.15. The highest BCUT2D eigenvalue weighted by molar-refractivity contribution is 6.42. The highest BCUT2D eigenvalue weighted by atomic mass is 16.5. The molecule has 19 heavy (non-hydrogen) atoms. The lowest BCUT2D eigenvalue weighted by Gasteiger charge is -2.18. The van der Waals surface area contributed by atoms with Crippen molar-refractivity contribution in [1.82, 2.24) is 10.2 Å². The first-order chi connectivity index (χ1) is 9.22. The number of rotatable bonds is 3. The number of benzene rings is 1. The molecule has 0 aliphatic carbocycles. The molecule has 1 aliphatic rings. The Morgan fingerprint density at radius 2 is 2.11 bits per heavy atom. The largest absolute Gasteiger partial charge is 0.497 e. The van der Waals surface area contributed by atoms with Crippen molar-refractivity contribution < 1.29 is 14.3 Å². The summed E-state index contributed by atoms with van der Waals surface area (Å²) in [6.45, 7) is 2.82.